The highest BCUT2D eigenvalue weighted by molar-refractivity contribution is 5.93. The van der Waals surface area contributed by atoms with Gasteiger partial charge in [0, 0.05) is 18.8 Å². The average Bonchev–Trinajstić information content (AvgIpc) is 2.48. The molecule has 3 nitrogen and oxygen atoms in total. The minimum absolute atomic E-state index is 0.0703. The molecular weight excluding hydrogens is 281 g/mol. The molecule has 0 aliphatic heterocycles. The topological polar surface area (TPSA) is 33.2 Å². The van der Waals surface area contributed by atoms with Crippen molar-refractivity contribution in [1.29, 1.82) is 0 Å². The maximum atomic E-state index is 13.7. The Bertz CT molecular complexity index is 658. The molecule has 0 saturated carbocycles. The molecule has 2 rings (SSSR count). The Labute approximate surface area is 120 Å². The fourth-order valence-corrected chi connectivity index (χ4v) is 1.93. The minimum Gasteiger partial charge on any atom is -0.335 e. The van der Waals surface area contributed by atoms with Crippen molar-refractivity contribution in [3.63, 3.8) is 0 Å². The number of hydrogen-bond donors (Lipinski definition) is 0. The maximum absolute atomic E-state index is 13.7. The van der Waals surface area contributed by atoms with E-state index in [4.69, 9.17) is 0 Å². The van der Waals surface area contributed by atoms with Gasteiger partial charge in [0.15, 0.2) is 0 Å². The van der Waals surface area contributed by atoms with Crippen LogP contribution in [0.4, 0.5) is 13.2 Å². The molecule has 6 heteroatoms. The van der Waals surface area contributed by atoms with Crippen molar-refractivity contribution in [1.82, 2.24) is 9.88 Å². The number of carbonyl (C=O) groups is 1. The first-order valence-corrected chi connectivity index (χ1v) is 6.24. The Kier molecular flexibility index (Phi) is 4.26. The van der Waals surface area contributed by atoms with Gasteiger partial charge in [-0.05, 0) is 37.3 Å². The third-order valence-corrected chi connectivity index (χ3v) is 3.28. The summed E-state index contributed by atoms with van der Waals surface area (Å²) >= 11 is 0. The number of amides is 1. The summed E-state index contributed by atoms with van der Waals surface area (Å²) < 4.78 is 39.7. The molecule has 1 amide bonds. The van der Waals surface area contributed by atoms with E-state index < -0.39 is 29.5 Å². The summed E-state index contributed by atoms with van der Waals surface area (Å²) in [5, 5.41) is 0. The van der Waals surface area contributed by atoms with Gasteiger partial charge in [0.25, 0.3) is 5.91 Å². The van der Waals surface area contributed by atoms with E-state index in [0.717, 1.165) is 30.5 Å². The lowest BCUT2D eigenvalue weighted by atomic mass is 10.1. The van der Waals surface area contributed by atoms with E-state index in [-0.39, 0.29) is 11.1 Å². The highest BCUT2D eigenvalue weighted by atomic mass is 19.1. The summed E-state index contributed by atoms with van der Waals surface area (Å²) in [6.45, 7) is 1.58. The molecule has 0 aliphatic carbocycles. The van der Waals surface area contributed by atoms with Crippen molar-refractivity contribution < 1.29 is 18.0 Å². The van der Waals surface area contributed by atoms with Gasteiger partial charge in [0.2, 0.25) is 5.95 Å². The fraction of sp³-hybridized carbons (Fsp3) is 0.200. The van der Waals surface area contributed by atoms with Crippen LogP contribution in [-0.4, -0.2) is 22.8 Å². The molecule has 21 heavy (non-hydrogen) atoms. The average molecular weight is 294 g/mol. The zero-order chi connectivity index (χ0) is 15.6. The van der Waals surface area contributed by atoms with Crippen LogP contribution < -0.4 is 0 Å². The number of rotatable bonds is 3. The van der Waals surface area contributed by atoms with E-state index in [9.17, 15) is 18.0 Å². The largest absolute Gasteiger partial charge is 0.335 e. The van der Waals surface area contributed by atoms with Crippen molar-refractivity contribution in [2.75, 3.05) is 7.05 Å². The lowest BCUT2D eigenvalue weighted by Crippen LogP contribution is -2.30. The maximum Gasteiger partial charge on any atom is 0.255 e. The summed E-state index contributed by atoms with van der Waals surface area (Å²) in [5.41, 5.74) is 0.239. The normalized spacial score (nSPS) is 12.0. The van der Waals surface area contributed by atoms with Crippen LogP contribution in [0.25, 0.3) is 0 Å². The van der Waals surface area contributed by atoms with E-state index in [1.165, 1.54) is 18.0 Å². The van der Waals surface area contributed by atoms with E-state index in [0.29, 0.717) is 0 Å². The van der Waals surface area contributed by atoms with Gasteiger partial charge in [-0.3, -0.25) is 4.79 Å². The predicted molar refractivity (Wildman–Crippen MR) is 71.1 cm³/mol. The molecular formula is C15H13F3N2O. The predicted octanol–water partition coefficient (Wildman–Crippen LogP) is 3.33. The summed E-state index contributed by atoms with van der Waals surface area (Å²) in [6.07, 6.45) is 1.10. The van der Waals surface area contributed by atoms with E-state index in [1.54, 1.807) is 6.92 Å². The van der Waals surface area contributed by atoms with Gasteiger partial charge >= 0.3 is 0 Å². The molecule has 0 radical (unpaired) electrons. The van der Waals surface area contributed by atoms with Gasteiger partial charge in [-0.25, -0.2) is 13.8 Å². The Morgan fingerprint density at radius 1 is 1.19 bits per heavy atom. The first-order chi connectivity index (χ1) is 9.90. The lowest BCUT2D eigenvalue weighted by Gasteiger charge is -2.25. The Morgan fingerprint density at radius 3 is 2.52 bits per heavy atom. The smallest absolute Gasteiger partial charge is 0.255 e. The molecule has 0 N–H and O–H groups in total. The second-order valence-electron chi connectivity index (χ2n) is 4.63. The highest BCUT2D eigenvalue weighted by Gasteiger charge is 2.22. The van der Waals surface area contributed by atoms with Gasteiger partial charge in [0.05, 0.1) is 11.6 Å². The number of hydrogen-bond acceptors (Lipinski definition) is 2. The van der Waals surface area contributed by atoms with E-state index >= 15 is 0 Å². The summed E-state index contributed by atoms with van der Waals surface area (Å²) in [6, 6.07) is 4.74. The van der Waals surface area contributed by atoms with Crippen molar-refractivity contribution in [2.45, 2.75) is 13.0 Å². The molecule has 0 spiro atoms. The zero-order valence-corrected chi connectivity index (χ0v) is 11.5. The molecule has 2 aromatic rings. The standard InChI is InChI=1S/C15H13F3N2O/c1-9(12-7-11(16)4-5-13(12)17)20(2)15(21)10-3-6-14(18)19-8-10/h3-9H,1-2H3. The summed E-state index contributed by atoms with van der Waals surface area (Å²) in [7, 11) is 1.46. The molecule has 1 unspecified atom stereocenters. The van der Waals surface area contributed by atoms with Crippen molar-refractivity contribution in [3.8, 4) is 0 Å². The first-order valence-electron chi connectivity index (χ1n) is 6.24. The van der Waals surface area contributed by atoms with Crippen LogP contribution in [-0.2, 0) is 0 Å². The van der Waals surface area contributed by atoms with Gasteiger partial charge in [-0.15, -0.1) is 0 Å². The SMILES string of the molecule is CC(c1cc(F)ccc1F)N(C)C(=O)c1ccc(F)nc1. The van der Waals surface area contributed by atoms with Crippen LogP contribution in [0, 0.1) is 17.6 Å². The molecule has 1 heterocycles. The fourth-order valence-electron chi connectivity index (χ4n) is 1.93. The molecule has 1 atom stereocenters. The molecule has 0 fully saturated rings. The highest BCUT2D eigenvalue weighted by Crippen LogP contribution is 2.24. The Hall–Kier alpha value is -2.37. The second-order valence-corrected chi connectivity index (χ2v) is 4.63. The number of aromatic nitrogens is 1. The molecule has 0 saturated heterocycles. The minimum atomic E-state index is -0.696. The van der Waals surface area contributed by atoms with Crippen molar-refractivity contribution in [3.05, 3.63) is 65.2 Å². The first kappa shape index (κ1) is 15.0. The number of benzene rings is 1. The molecule has 0 aliphatic rings. The zero-order valence-electron chi connectivity index (χ0n) is 11.5. The van der Waals surface area contributed by atoms with Gasteiger partial charge in [0.1, 0.15) is 11.6 Å². The van der Waals surface area contributed by atoms with Crippen molar-refractivity contribution in [2.24, 2.45) is 0 Å². The van der Waals surface area contributed by atoms with E-state index in [1.807, 2.05) is 0 Å². The van der Waals surface area contributed by atoms with Crippen LogP contribution in [0.2, 0.25) is 0 Å². The number of carbonyl (C=O) groups excluding carboxylic acids is 1. The molecule has 1 aromatic heterocycles. The van der Waals surface area contributed by atoms with Gasteiger partial charge in [-0.2, -0.15) is 4.39 Å². The van der Waals surface area contributed by atoms with E-state index in [2.05, 4.69) is 4.98 Å². The summed E-state index contributed by atoms with van der Waals surface area (Å²) in [5.74, 6) is -2.33. The Morgan fingerprint density at radius 2 is 1.90 bits per heavy atom. The number of nitrogens with zero attached hydrogens (tertiary/aromatic N) is 2. The van der Waals surface area contributed by atoms with Crippen LogP contribution in [0.3, 0.4) is 0 Å². The van der Waals surface area contributed by atoms with Gasteiger partial charge in [-0.1, -0.05) is 0 Å². The van der Waals surface area contributed by atoms with Gasteiger partial charge < -0.3 is 4.90 Å². The van der Waals surface area contributed by atoms with Crippen LogP contribution in [0.15, 0.2) is 36.5 Å². The van der Waals surface area contributed by atoms with Crippen molar-refractivity contribution >= 4 is 5.91 Å². The quantitative estimate of drug-likeness (QED) is 0.814. The van der Waals surface area contributed by atoms with Crippen LogP contribution >= 0.6 is 0 Å². The number of halogens is 3. The molecule has 1 aromatic carbocycles. The second kappa shape index (κ2) is 5.95. The van der Waals surface area contributed by atoms with Crippen LogP contribution in [0.5, 0.6) is 0 Å². The Balaban J connectivity index is 2.26. The molecule has 0 bridgehead atoms. The molecule has 110 valence electrons. The summed E-state index contributed by atoms with van der Waals surface area (Å²) in [4.78, 5) is 16.9. The third-order valence-electron chi connectivity index (χ3n) is 3.28. The van der Waals surface area contributed by atoms with Crippen LogP contribution in [0.1, 0.15) is 28.9 Å². The lowest BCUT2D eigenvalue weighted by molar-refractivity contribution is 0.0739. The third kappa shape index (κ3) is 3.21. The number of pyridine rings is 1. The monoisotopic (exact) mass is 294 g/mol.